The van der Waals surface area contributed by atoms with Crippen molar-refractivity contribution in [3.8, 4) is 17.2 Å². The number of para-hydroxylation sites is 1. The third-order valence-corrected chi connectivity index (χ3v) is 5.42. The average molecular weight is 372 g/mol. The number of thiazole rings is 1. The van der Waals surface area contributed by atoms with Crippen molar-refractivity contribution in [1.82, 2.24) is 4.57 Å². The zero-order valence-electron chi connectivity index (χ0n) is 15.3. The fourth-order valence-corrected chi connectivity index (χ4v) is 3.92. The largest absolute Gasteiger partial charge is 0.495 e. The first kappa shape index (κ1) is 18.0. The lowest BCUT2D eigenvalue weighted by Crippen LogP contribution is -2.14. The molecule has 26 heavy (non-hydrogen) atoms. The molecule has 0 atom stereocenters. The van der Waals surface area contributed by atoms with E-state index in [4.69, 9.17) is 14.2 Å². The molecule has 6 nitrogen and oxygen atoms in total. The molecule has 0 spiro atoms. The average Bonchev–Trinajstić information content (AvgIpc) is 2.99. The van der Waals surface area contributed by atoms with Gasteiger partial charge in [0.2, 0.25) is 0 Å². The van der Waals surface area contributed by atoms with Gasteiger partial charge >= 0.3 is 0 Å². The predicted molar refractivity (Wildman–Crippen MR) is 102 cm³/mol. The second-order valence-corrected chi connectivity index (χ2v) is 6.64. The summed E-state index contributed by atoms with van der Waals surface area (Å²) >= 11 is 1.45. The molecule has 0 radical (unpaired) electrons. The highest BCUT2D eigenvalue weighted by atomic mass is 32.1. The van der Waals surface area contributed by atoms with E-state index in [0.717, 1.165) is 21.5 Å². The highest BCUT2D eigenvalue weighted by molar-refractivity contribution is 7.16. The molecule has 0 bridgehead atoms. The first-order chi connectivity index (χ1) is 12.5. The van der Waals surface area contributed by atoms with E-state index in [-0.39, 0.29) is 5.91 Å². The van der Waals surface area contributed by atoms with Crippen molar-refractivity contribution in [2.75, 3.05) is 21.3 Å². The Morgan fingerprint density at radius 2 is 1.77 bits per heavy atom. The molecule has 0 N–H and O–H groups in total. The minimum atomic E-state index is -0.389. The van der Waals surface area contributed by atoms with Crippen LogP contribution in [-0.4, -0.2) is 31.8 Å². The first-order valence-corrected chi connectivity index (χ1v) is 8.76. The van der Waals surface area contributed by atoms with Crippen LogP contribution < -0.4 is 19.0 Å². The van der Waals surface area contributed by atoms with Gasteiger partial charge in [0.05, 0.1) is 31.6 Å². The van der Waals surface area contributed by atoms with Crippen molar-refractivity contribution in [2.24, 2.45) is 12.0 Å². The number of hydrogen-bond donors (Lipinski definition) is 0. The normalized spacial score (nSPS) is 11.7. The SMILES string of the molecule is COc1cccc(C(=O)N=c2sc3c(C)ccc(OC)c3n2C)c1OC. The molecule has 0 unspecified atom stereocenters. The Morgan fingerprint density at radius 3 is 2.42 bits per heavy atom. The smallest absolute Gasteiger partial charge is 0.283 e. The number of rotatable bonds is 4. The molecule has 3 rings (SSSR count). The highest BCUT2D eigenvalue weighted by Crippen LogP contribution is 2.32. The number of carbonyl (C=O) groups excluding carboxylic acids is 1. The topological polar surface area (TPSA) is 62.0 Å². The molecular formula is C19H20N2O4S. The molecule has 1 aromatic heterocycles. The zero-order valence-corrected chi connectivity index (χ0v) is 16.1. The summed E-state index contributed by atoms with van der Waals surface area (Å²) in [6, 6.07) is 9.06. The van der Waals surface area contributed by atoms with E-state index in [1.54, 1.807) is 25.3 Å². The second kappa shape index (κ2) is 7.21. The Balaban J connectivity index is 2.19. The first-order valence-electron chi connectivity index (χ1n) is 7.95. The van der Waals surface area contributed by atoms with Crippen LogP contribution in [0.2, 0.25) is 0 Å². The number of aromatic nitrogens is 1. The molecule has 2 aromatic carbocycles. The molecular weight excluding hydrogens is 352 g/mol. The standard InChI is InChI=1S/C19H20N2O4S/c1-11-9-10-13(23-3)15-17(11)26-19(21(15)2)20-18(22)12-7-6-8-14(24-4)16(12)25-5/h6-10H,1-5H3. The maximum Gasteiger partial charge on any atom is 0.283 e. The number of amides is 1. The number of methoxy groups -OCH3 is 3. The predicted octanol–water partition coefficient (Wildman–Crippen LogP) is 3.32. The molecule has 1 amide bonds. The van der Waals surface area contributed by atoms with Gasteiger partial charge in [-0.2, -0.15) is 4.99 Å². The van der Waals surface area contributed by atoms with E-state index in [2.05, 4.69) is 4.99 Å². The Labute approximate surface area is 155 Å². The van der Waals surface area contributed by atoms with Crippen LogP contribution in [0.5, 0.6) is 17.2 Å². The van der Waals surface area contributed by atoms with Gasteiger partial charge in [0.25, 0.3) is 5.91 Å². The fourth-order valence-electron chi connectivity index (χ4n) is 2.82. The third kappa shape index (κ3) is 2.94. The summed E-state index contributed by atoms with van der Waals surface area (Å²) in [7, 11) is 6.53. The number of ether oxygens (including phenoxy) is 3. The summed E-state index contributed by atoms with van der Waals surface area (Å²) in [6.45, 7) is 2.02. The molecule has 0 aliphatic carbocycles. The molecule has 0 saturated carbocycles. The lowest BCUT2D eigenvalue weighted by atomic mass is 10.2. The van der Waals surface area contributed by atoms with Crippen molar-refractivity contribution < 1.29 is 19.0 Å². The van der Waals surface area contributed by atoms with Gasteiger partial charge in [-0.1, -0.05) is 23.5 Å². The number of carbonyl (C=O) groups is 1. The third-order valence-electron chi connectivity index (χ3n) is 4.16. The Hall–Kier alpha value is -2.80. The minimum Gasteiger partial charge on any atom is -0.495 e. The van der Waals surface area contributed by atoms with Gasteiger partial charge in [0.1, 0.15) is 11.3 Å². The summed E-state index contributed by atoms with van der Waals surface area (Å²) in [5, 5.41) is 0. The molecule has 0 fully saturated rings. The van der Waals surface area contributed by atoms with E-state index in [0.29, 0.717) is 21.9 Å². The highest BCUT2D eigenvalue weighted by Gasteiger charge is 2.17. The molecule has 0 aliphatic rings. The monoisotopic (exact) mass is 372 g/mol. The molecule has 136 valence electrons. The van der Waals surface area contributed by atoms with E-state index in [1.807, 2.05) is 30.7 Å². The number of nitrogens with zero attached hydrogens (tertiary/aromatic N) is 2. The number of hydrogen-bond acceptors (Lipinski definition) is 5. The Bertz CT molecular complexity index is 1050. The molecule has 0 saturated heterocycles. The van der Waals surface area contributed by atoms with Crippen LogP contribution in [0.15, 0.2) is 35.3 Å². The molecule has 0 aliphatic heterocycles. The second-order valence-electron chi connectivity index (χ2n) is 5.66. The maximum absolute atomic E-state index is 12.8. The quantitative estimate of drug-likeness (QED) is 0.705. The van der Waals surface area contributed by atoms with Crippen LogP contribution in [0, 0.1) is 6.92 Å². The van der Waals surface area contributed by atoms with Crippen LogP contribution in [0.25, 0.3) is 10.2 Å². The van der Waals surface area contributed by atoms with Crippen LogP contribution in [0.1, 0.15) is 15.9 Å². The summed E-state index contributed by atoms with van der Waals surface area (Å²) in [5.41, 5.74) is 2.38. The summed E-state index contributed by atoms with van der Waals surface area (Å²) in [4.78, 5) is 17.7. The Kier molecular flexibility index (Phi) is 4.99. The van der Waals surface area contributed by atoms with Gasteiger partial charge in [0.15, 0.2) is 16.3 Å². The van der Waals surface area contributed by atoms with Gasteiger partial charge in [-0.3, -0.25) is 4.79 Å². The van der Waals surface area contributed by atoms with Crippen LogP contribution in [-0.2, 0) is 7.05 Å². The number of benzene rings is 2. The fraction of sp³-hybridized carbons (Fsp3) is 0.263. The lowest BCUT2D eigenvalue weighted by Gasteiger charge is -2.09. The van der Waals surface area contributed by atoms with Crippen molar-refractivity contribution in [2.45, 2.75) is 6.92 Å². The van der Waals surface area contributed by atoms with E-state index in [9.17, 15) is 4.79 Å². The number of fused-ring (bicyclic) bond motifs is 1. The van der Waals surface area contributed by atoms with Gasteiger partial charge < -0.3 is 18.8 Å². The molecule has 1 heterocycles. The van der Waals surface area contributed by atoms with Crippen LogP contribution in [0.3, 0.4) is 0 Å². The minimum absolute atomic E-state index is 0.355. The van der Waals surface area contributed by atoms with Gasteiger partial charge in [-0.15, -0.1) is 0 Å². The van der Waals surface area contributed by atoms with Crippen molar-refractivity contribution >= 4 is 27.5 Å². The van der Waals surface area contributed by atoms with E-state index < -0.39 is 0 Å². The van der Waals surface area contributed by atoms with E-state index in [1.165, 1.54) is 25.6 Å². The summed E-state index contributed by atoms with van der Waals surface area (Å²) in [5.74, 6) is 1.23. The lowest BCUT2D eigenvalue weighted by molar-refractivity contribution is 0.0994. The van der Waals surface area contributed by atoms with Crippen molar-refractivity contribution in [1.29, 1.82) is 0 Å². The molecule has 3 aromatic rings. The maximum atomic E-state index is 12.8. The zero-order chi connectivity index (χ0) is 18.8. The van der Waals surface area contributed by atoms with Crippen molar-refractivity contribution in [3.05, 3.63) is 46.3 Å². The Morgan fingerprint density at radius 1 is 1.04 bits per heavy atom. The summed E-state index contributed by atoms with van der Waals surface area (Å²) in [6.07, 6.45) is 0. The van der Waals surface area contributed by atoms with Gasteiger partial charge in [-0.05, 0) is 30.7 Å². The van der Waals surface area contributed by atoms with Crippen molar-refractivity contribution in [3.63, 3.8) is 0 Å². The van der Waals surface area contributed by atoms with Crippen LogP contribution >= 0.6 is 11.3 Å². The molecule has 7 heteroatoms. The number of aryl methyl sites for hydroxylation is 2. The van der Waals surface area contributed by atoms with Crippen LogP contribution in [0.4, 0.5) is 0 Å². The van der Waals surface area contributed by atoms with E-state index >= 15 is 0 Å². The summed E-state index contributed by atoms with van der Waals surface area (Å²) < 4.78 is 19.0. The van der Waals surface area contributed by atoms with Gasteiger partial charge in [0, 0.05) is 7.05 Å². The van der Waals surface area contributed by atoms with Gasteiger partial charge in [-0.25, -0.2) is 0 Å².